The van der Waals surface area contributed by atoms with E-state index in [2.05, 4.69) is 10.0 Å². The first-order valence-electron chi connectivity index (χ1n) is 6.29. The standard InChI is InChI=1S/C13H18N2O5S/c1-8(2)14-12(16)9(3)15-21(19,20)11-6-4-10(5-7-11)13(17)18/h4-9,15H,1-3H3,(H,14,16)(H,17,18). The minimum absolute atomic E-state index is 0.0143. The first kappa shape index (κ1) is 17.1. The van der Waals surface area contributed by atoms with Crippen LogP contribution in [-0.2, 0) is 14.8 Å². The van der Waals surface area contributed by atoms with E-state index in [4.69, 9.17) is 5.11 Å². The van der Waals surface area contributed by atoms with Crippen molar-refractivity contribution in [3.05, 3.63) is 29.8 Å². The fourth-order valence-corrected chi connectivity index (χ4v) is 2.74. The summed E-state index contributed by atoms with van der Waals surface area (Å²) in [5, 5.41) is 11.4. The minimum atomic E-state index is -3.89. The fourth-order valence-electron chi connectivity index (χ4n) is 1.54. The van der Waals surface area contributed by atoms with Crippen LogP contribution in [0.3, 0.4) is 0 Å². The van der Waals surface area contributed by atoms with Gasteiger partial charge in [-0.25, -0.2) is 13.2 Å². The fraction of sp³-hybridized carbons (Fsp3) is 0.385. The number of rotatable bonds is 6. The van der Waals surface area contributed by atoms with Gasteiger partial charge in [0, 0.05) is 6.04 Å². The molecule has 1 aromatic carbocycles. The lowest BCUT2D eigenvalue weighted by Crippen LogP contribution is -2.46. The molecule has 0 fully saturated rings. The largest absolute Gasteiger partial charge is 0.478 e. The van der Waals surface area contributed by atoms with Crippen molar-refractivity contribution in [2.45, 2.75) is 37.8 Å². The van der Waals surface area contributed by atoms with Gasteiger partial charge in [-0.05, 0) is 45.0 Å². The van der Waals surface area contributed by atoms with Gasteiger partial charge in [0.05, 0.1) is 16.5 Å². The van der Waals surface area contributed by atoms with Gasteiger partial charge in [-0.2, -0.15) is 4.72 Å². The van der Waals surface area contributed by atoms with Crippen LogP contribution in [0.25, 0.3) is 0 Å². The number of nitrogens with one attached hydrogen (secondary N) is 2. The molecule has 1 unspecified atom stereocenters. The van der Waals surface area contributed by atoms with E-state index in [0.717, 1.165) is 0 Å². The van der Waals surface area contributed by atoms with Crippen LogP contribution in [0.4, 0.5) is 0 Å². The average molecular weight is 314 g/mol. The Kier molecular flexibility index (Phi) is 5.45. The zero-order valence-corrected chi connectivity index (χ0v) is 12.8. The average Bonchev–Trinajstić information content (AvgIpc) is 2.37. The van der Waals surface area contributed by atoms with E-state index in [1.165, 1.54) is 31.2 Å². The second-order valence-electron chi connectivity index (χ2n) is 4.84. The molecule has 0 heterocycles. The lowest BCUT2D eigenvalue weighted by molar-refractivity contribution is -0.122. The molecule has 1 aromatic rings. The highest BCUT2D eigenvalue weighted by atomic mass is 32.2. The number of carbonyl (C=O) groups is 2. The highest BCUT2D eigenvalue weighted by Gasteiger charge is 2.22. The zero-order valence-electron chi connectivity index (χ0n) is 12.0. The first-order chi connectivity index (χ1) is 9.63. The molecule has 0 spiro atoms. The van der Waals surface area contributed by atoms with Gasteiger partial charge in [-0.1, -0.05) is 0 Å². The summed E-state index contributed by atoms with van der Waals surface area (Å²) in [4.78, 5) is 22.3. The number of aromatic carboxylic acids is 1. The molecule has 0 aromatic heterocycles. The lowest BCUT2D eigenvalue weighted by atomic mass is 10.2. The number of carboxylic acids is 1. The van der Waals surface area contributed by atoms with Crippen molar-refractivity contribution in [2.24, 2.45) is 0 Å². The molecule has 8 heteroatoms. The number of hydrogen-bond acceptors (Lipinski definition) is 4. The highest BCUT2D eigenvalue weighted by Crippen LogP contribution is 2.11. The van der Waals surface area contributed by atoms with Crippen LogP contribution in [0.15, 0.2) is 29.2 Å². The summed E-state index contributed by atoms with van der Waals surface area (Å²) in [6.07, 6.45) is 0. The molecule has 0 aliphatic carbocycles. The molecular formula is C13H18N2O5S. The quantitative estimate of drug-likeness (QED) is 0.711. The topological polar surface area (TPSA) is 113 Å². The Morgan fingerprint density at radius 1 is 1.10 bits per heavy atom. The monoisotopic (exact) mass is 314 g/mol. The number of benzene rings is 1. The van der Waals surface area contributed by atoms with E-state index < -0.39 is 27.9 Å². The summed E-state index contributed by atoms with van der Waals surface area (Å²) < 4.78 is 26.4. The van der Waals surface area contributed by atoms with Crippen molar-refractivity contribution in [3.63, 3.8) is 0 Å². The van der Waals surface area contributed by atoms with E-state index in [9.17, 15) is 18.0 Å². The highest BCUT2D eigenvalue weighted by molar-refractivity contribution is 7.89. The van der Waals surface area contributed by atoms with Crippen LogP contribution in [-0.4, -0.2) is 37.5 Å². The number of amides is 1. The van der Waals surface area contributed by atoms with Crippen molar-refractivity contribution in [3.8, 4) is 0 Å². The Bertz CT molecular complexity index is 622. The molecule has 21 heavy (non-hydrogen) atoms. The summed E-state index contributed by atoms with van der Waals surface area (Å²) in [5.41, 5.74) is -0.0143. The second-order valence-corrected chi connectivity index (χ2v) is 6.55. The molecule has 3 N–H and O–H groups in total. The zero-order chi connectivity index (χ0) is 16.2. The van der Waals surface area contributed by atoms with Crippen LogP contribution < -0.4 is 10.0 Å². The van der Waals surface area contributed by atoms with Gasteiger partial charge in [-0.3, -0.25) is 4.79 Å². The van der Waals surface area contributed by atoms with E-state index in [1.807, 2.05) is 0 Å². The van der Waals surface area contributed by atoms with Gasteiger partial charge in [0.2, 0.25) is 15.9 Å². The summed E-state index contributed by atoms with van der Waals surface area (Å²) in [6.45, 7) is 4.97. The van der Waals surface area contributed by atoms with E-state index >= 15 is 0 Å². The van der Waals surface area contributed by atoms with E-state index in [0.29, 0.717) is 0 Å². The van der Waals surface area contributed by atoms with Gasteiger partial charge in [0.25, 0.3) is 0 Å². The third kappa shape index (κ3) is 4.83. The maximum absolute atomic E-state index is 12.1. The third-order valence-corrected chi connectivity index (χ3v) is 4.12. The third-order valence-electron chi connectivity index (χ3n) is 2.57. The second kappa shape index (κ2) is 6.68. The minimum Gasteiger partial charge on any atom is -0.478 e. The molecular weight excluding hydrogens is 296 g/mol. The molecule has 0 saturated heterocycles. The molecule has 0 radical (unpaired) electrons. The molecule has 1 amide bonds. The van der Waals surface area contributed by atoms with Crippen LogP contribution >= 0.6 is 0 Å². The van der Waals surface area contributed by atoms with Crippen molar-refractivity contribution in [2.75, 3.05) is 0 Å². The molecule has 1 atom stereocenters. The SMILES string of the molecule is CC(C)NC(=O)C(C)NS(=O)(=O)c1ccc(C(=O)O)cc1. The molecule has 0 aliphatic heterocycles. The van der Waals surface area contributed by atoms with E-state index in [1.54, 1.807) is 13.8 Å². The van der Waals surface area contributed by atoms with Gasteiger partial charge in [0.15, 0.2) is 0 Å². The maximum atomic E-state index is 12.1. The van der Waals surface area contributed by atoms with Crippen LogP contribution in [0, 0.1) is 0 Å². The van der Waals surface area contributed by atoms with E-state index in [-0.39, 0.29) is 16.5 Å². The Morgan fingerprint density at radius 3 is 2.05 bits per heavy atom. The van der Waals surface area contributed by atoms with Gasteiger partial charge in [-0.15, -0.1) is 0 Å². The van der Waals surface area contributed by atoms with Gasteiger partial charge >= 0.3 is 5.97 Å². The summed E-state index contributed by atoms with van der Waals surface area (Å²) in [7, 11) is -3.89. The Hall–Kier alpha value is -1.93. The van der Waals surface area contributed by atoms with Crippen molar-refractivity contribution < 1.29 is 23.1 Å². The number of hydrogen-bond donors (Lipinski definition) is 3. The molecule has 7 nitrogen and oxygen atoms in total. The molecule has 116 valence electrons. The molecule has 0 bridgehead atoms. The van der Waals surface area contributed by atoms with Crippen molar-refractivity contribution in [1.29, 1.82) is 0 Å². The summed E-state index contributed by atoms with van der Waals surface area (Å²) in [6, 6.07) is 3.71. The van der Waals surface area contributed by atoms with Crippen LogP contribution in [0.1, 0.15) is 31.1 Å². The Labute approximate surface area is 123 Å². The van der Waals surface area contributed by atoms with Gasteiger partial charge in [0.1, 0.15) is 0 Å². The first-order valence-corrected chi connectivity index (χ1v) is 7.78. The van der Waals surface area contributed by atoms with Crippen LogP contribution in [0.5, 0.6) is 0 Å². The number of carboxylic acid groups (broad SMARTS) is 1. The number of sulfonamides is 1. The van der Waals surface area contributed by atoms with Crippen molar-refractivity contribution >= 4 is 21.9 Å². The predicted octanol–water partition coefficient (Wildman–Crippen LogP) is 0.576. The van der Waals surface area contributed by atoms with Crippen LogP contribution in [0.2, 0.25) is 0 Å². The summed E-state index contributed by atoms with van der Waals surface area (Å²) >= 11 is 0. The van der Waals surface area contributed by atoms with Crippen molar-refractivity contribution in [1.82, 2.24) is 10.0 Å². The number of carbonyl (C=O) groups excluding carboxylic acids is 1. The maximum Gasteiger partial charge on any atom is 0.335 e. The van der Waals surface area contributed by atoms with Gasteiger partial charge < -0.3 is 10.4 Å². The predicted molar refractivity (Wildman–Crippen MR) is 76.5 cm³/mol. The Balaban J connectivity index is 2.86. The smallest absolute Gasteiger partial charge is 0.335 e. The Morgan fingerprint density at radius 2 is 1.62 bits per heavy atom. The molecule has 1 rings (SSSR count). The molecule has 0 saturated carbocycles. The normalized spacial score (nSPS) is 13.0. The lowest BCUT2D eigenvalue weighted by Gasteiger charge is -2.16. The molecule has 0 aliphatic rings. The summed E-state index contributed by atoms with van der Waals surface area (Å²) in [5.74, 6) is -1.58.